The Labute approximate surface area is 141 Å². The van der Waals surface area contributed by atoms with Gasteiger partial charge in [0.2, 0.25) is 0 Å². The summed E-state index contributed by atoms with van der Waals surface area (Å²) < 4.78 is 0. The Morgan fingerprint density at radius 1 is 1.00 bits per heavy atom. The molecule has 0 spiro atoms. The maximum Gasteiger partial charge on any atom is 0.139 e. The average Bonchev–Trinajstić information content (AvgIpc) is 2.77. The second kappa shape index (κ2) is 4.84. The molecule has 0 heterocycles. The Morgan fingerprint density at radius 2 is 1.74 bits per heavy atom. The van der Waals surface area contributed by atoms with Gasteiger partial charge in [0.15, 0.2) is 0 Å². The first kappa shape index (κ1) is 16.1. The van der Waals surface area contributed by atoms with Crippen LogP contribution in [-0.2, 0) is 4.79 Å². The SMILES string of the molecule is CC1CC2C3CCC(=O)C3(C)CCC2C2(C)CCC(C)(O)CC12. The van der Waals surface area contributed by atoms with E-state index in [1.54, 1.807) is 0 Å². The van der Waals surface area contributed by atoms with Crippen molar-refractivity contribution in [2.75, 3.05) is 0 Å². The molecule has 0 amide bonds. The highest BCUT2D eigenvalue weighted by atomic mass is 16.3. The van der Waals surface area contributed by atoms with Gasteiger partial charge in [-0.2, -0.15) is 0 Å². The molecule has 2 nitrogen and oxygen atoms in total. The van der Waals surface area contributed by atoms with E-state index in [4.69, 9.17) is 0 Å². The van der Waals surface area contributed by atoms with Gasteiger partial charge in [-0.25, -0.2) is 0 Å². The number of rotatable bonds is 0. The predicted octanol–water partition coefficient (Wildman–Crippen LogP) is 4.60. The molecule has 0 aliphatic heterocycles. The van der Waals surface area contributed by atoms with E-state index in [0.717, 1.165) is 43.9 Å². The van der Waals surface area contributed by atoms with Crippen molar-refractivity contribution in [1.29, 1.82) is 0 Å². The lowest BCUT2D eigenvalue weighted by atomic mass is 9.42. The highest BCUT2D eigenvalue weighted by Crippen LogP contribution is 2.67. The summed E-state index contributed by atoms with van der Waals surface area (Å²) in [6.07, 6.45) is 8.72. The van der Waals surface area contributed by atoms with Crippen molar-refractivity contribution < 1.29 is 9.90 Å². The largest absolute Gasteiger partial charge is 0.390 e. The molecular weight excluding hydrogens is 284 g/mol. The highest BCUT2D eigenvalue weighted by molar-refractivity contribution is 5.87. The van der Waals surface area contributed by atoms with Crippen LogP contribution in [0.3, 0.4) is 0 Å². The first-order valence-electron chi connectivity index (χ1n) is 9.93. The van der Waals surface area contributed by atoms with Gasteiger partial charge in [-0.05, 0) is 86.9 Å². The molecule has 0 aromatic carbocycles. The minimum Gasteiger partial charge on any atom is -0.390 e. The molecule has 0 radical (unpaired) electrons. The summed E-state index contributed by atoms with van der Waals surface area (Å²) in [5.74, 6) is 4.06. The zero-order valence-electron chi connectivity index (χ0n) is 15.4. The van der Waals surface area contributed by atoms with Gasteiger partial charge >= 0.3 is 0 Å². The minimum absolute atomic E-state index is 0.00968. The fourth-order valence-electron chi connectivity index (χ4n) is 7.64. The van der Waals surface area contributed by atoms with Crippen LogP contribution in [0.1, 0.15) is 79.1 Å². The number of Topliss-reactive ketones (excluding diaryl/α,β-unsaturated/α-hetero) is 1. The van der Waals surface area contributed by atoms with E-state index in [0.29, 0.717) is 29.0 Å². The fourth-order valence-corrected chi connectivity index (χ4v) is 7.64. The number of aliphatic hydroxyl groups is 1. The summed E-state index contributed by atoms with van der Waals surface area (Å²) in [7, 11) is 0. The Morgan fingerprint density at radius 3 is 2.48 bits per heavy atom. The van der Waals surface area contributed by atoms with Crippen LogP contribution in [0.5, 0.6) is 0 Å². The van der Waals surface area contributed by atoms with E-state index in [-0.39, 0.29) is 5.41 Å². The first-order chi connectivity index (χ1) is 10.7. The van der Waals surface area contributed by atoms with E-state index in [2.05, 4.69) is 20.8 Å². The van der Waals surface area contributed by atoms with Crippen molar-refractivity contribution >= 4 is 5.78 Å². The van der Waals surface area contributed by atoms with Crippen LogP contribution in [0.4, 0.5) is 0 Å². The Bertz CT molecular complexity index is 524. The summed E-state index contributed by atoms with van der Waals surface area (Å²) in [5.41, 5.74) is -0.0838. The van der Waals surface area contributed by atoms with Crippen LogP contribution < -0.4 is 0 Å². The average molecular weight is 319 g/mol. The number of hydrogen-bond acceptors (Lipinski definition) is 2. The smallest absolute Gasteiger partial charge is 0.139 e. The highest BCUT2D eigenvalue weighted by Gasteiger charge is 2.62. The molecule has 4 fully saturated rings. The second-order valence-electron chi connectivity index (χ2n) is 10.3. The number of carbonyl (C=O) groups is 1. The summed E-state index contributed by atoms with van der Waals surface area (Å²) in [4.78, 5) is 12.5. The zero-order valence-corrected chi connectivity index (χ0v) is 15.4. The van der Waals surface area contributed by atoms with Crippen LogP contribution in [0, 0.1) is 40.4 Å². The van der Waals surface area contributed by atoms with Crippen LogP contribution >= 0.6 is 0 Å². The van der Waals surface area contributed by atoms with Gasteiger partial charge in [0.25, 0.3) is 0 Å². The maximum atomic E-state index is 12.5. The van der Waals surface area contributed by atoms with Crippen molar-refractivity contribution in [3.8, 4) is 0 Å². The third-order valence-electron chi connectivity index (χ3n) is 9.03. The molecule has 1 N–H and O–H groups in total. The van der Waals surface area contributed by atoms with Crippen molar-refractivity contribution in [1.82, 2.24) is 0 Å². The second-order valence-corrected chi connectivity index (χ2v) is 10.3. The van der Waals surface area contributed by atoms with Crippen molar-refractivity contribution in [2.45, 2.75) is 84.7 Å². The molecule has 4 aliphatic rings. The van der Waals surface area contributed by atoms with Crippen LogP contribution in [-0.4, -0.2) is 16.5 Å². The van der Waals surface area contributed by atoms with E-state index < -0.39 is 5.60 Å². The van der Waals surface area contributed by atoms with Gasteiger partial charge in [-0.3, -0.25) is 4.79 Å². The number of fused-ring (bicyclic) bond motifs is 5. The van der Waals surface area contributed by atoms with E-state index in [1.165, 1.54) is 19.3 Å². The molecule has 8 atom stereocenters. The molecule has 0 bridgehead atoms. The van der Waals surface area contributed by atoms with E-state index in [9.17, 15) is 9.90 Å². The zero-order chi connectivity index (χ0) is 16.6. The third-order valence-corrected chi connectivity index (χ3v) is 9.03. The molecule has 0 saturated heterocycles. The van der Waals surface area contributed by atoms with Gasteiger partial charge in [0, 0.05) is 11.8 Å². The summed E-state index contributed by atoms with van der Waals surface area (Å²) >= 11 is 0. The molecular formula is C21H34O2. The van der Waals surface area contributed by atoms with Crippen LogP contribution in [0.15, 0.2) is 0 Å². The van der Waals surface area contributed by atoms with Gasteiger partial charge in [-0.1, -0.05) is 20.8 Å². The first-order valence-corrected chi connectivity index (χ1v) is 9.93. The summed E-state index contributed by atoms with van der Waals surface area (Å²) in [6.45, 7) is 9.26. The molecule has 23 heavy (non-hydrogen) atoms. The minimum atomic E-state index is -0.461. The number of hydrogen-bond donors (Lipinski definition) is 1. The molecule has 0 aromatic rings. The van der Waals surface area contributed by atoms with E-state index >= 15 is 0 Å². The monoisotopic (exact) mass is 318 g/mol. The lowest BCUT2D eigenvalue weighted by molar-refractivity contribution is -0.165. The fraction of sp³-hybridized carbons (Fsp3) is 0.952. The van der Waals surface area contributed by atoms with Crippen LogP contribution in [0.25, 0.3) is 0 Å². The van der Waals surface area contributed by atoms with Crippen molar-refractivity contribution in [2.24, 2.45) is 40.4 Å². The standard InChI is InChI=1S/C21H34O2/c1-13-11-14-15-5-6-18(22)21(15,4)8-7-16(14)20(3)10-9-19(2,23)12-17(13)20/h13-17,23H,5-12H2,1-4H3. The lowest BCUT2D eigenvalue weighted by Crippen LogP contribution is -2.57. The normalized spacial score (nSPS) is 59.2. The van der Waals surface area contributed by atoms with Crippen molar-refractivity contribution in [3.05, 3.63) is 0 Å². The summed E-state index contributed by atoms with van der Waals surface area (Å²) in [6, 6.07) is 0. The topological polar surface area (TPSA) is 37.3 Å². The quantitative estimate of drug-likeness (QED) is 0.709. The molecule has 130 valence electrons. The van der Waals surface area contributed by atoms with E-state index in [1.807, 2.05) is 6.92 Å². The molecule has 4 saturated carbocycles. The third kappa shape index (κ3) is 2.12. The molecule has 8 unspecified atom stereocenters. The van der Waals surface area contributed by atoms with Gasteiger partial charge in [0.1, 0.15) is 5.78 Å². The predicted molar refractivity (Wildman–Crippen MR) is 91.9 cm³/mol. The maximum absolute atomic E-state index is 12.5. The lowest BCUT2D eigenvalue weighted by Gasteiger charge is -2.63. The molecule has 4 aliphatic carbocycles. The molecule has 4 rings (SSSR count). The van der Waals surface area contributed by atoms with Gasteiger partial charge < -0.3 is 5.11 Å². The van der Waals surface area contributed by atoms with Crippen LogP contribution in [0.2, 0.25) is 0 Å². The Balaban J connectivity index is 1.67. The van der Waals surface area contributed by atoms with Crippen molar-refractivity contribution in [3.63, 3.8) is 0 Å². The molecule has 0 aromatic heterocycles. The number of carbonyl (C=O) groups excluding carboxylic acids is 1. The van der Waals surface area contributed by atoms with Gasteiger partial charge in [-0.15, -0.1) is 0 Å². The van der Waals surface area contributed by atoms with Gasteiger partial charge in [0.05, 0.1) is 5.60 Å². The summed E-state index contributed by atoms with van der Waals surface area (Å²) in [5, 5.41) is 10.6. The molecule has 2 heteroatoms. The number of ketones is 1. The Kier molecular flexibility index (Phi) is 3.39. The Hall–Kier alpha value is -0.370.